The topological polar surface area (TPSA) is 24.9 Å². The number of nitrogens with one attached hydrogen (secondary N) is 1. The number of rotatable bonds is 2. The lowest BCUT2D eigenvalue weighted by Gasteiger charge is -2.05. The van der Waals surface area contributed by atoms with Crippen molar-refractivity contribution in [2.24, 2.45) is 0 Å². The number of aromatic nitrogens is 1. The Morgan fingerprint density at radius 1 is 1.29 bits per heavy atom. The Bertz CT molecular complexity index is 434. The molecule has 0 aliphatic heterocycles. The maximum atomic E-state index is 4.47. The molecule has 0 aliphatic rings. The van der Waals surface area contributed by atoms with Crippen LogP contribution >= 0.6 is 11.3 Å². The highest BCUT2D eigenvalue weighted by Gasteiger charge is 2.05. The van der Waals surface area contributed by atoms with Crippen molar-refractivity contribution in [1.29, 1.82) is 0 Å². The van der Waals surface area contributed by atoms with Crippen molar-refractivity contribution in [2.75, 3.05) is 12.4 Å². The number of hydrogen-bond acceptors (Lipinski definition) is 3. The van der Waals surface area contributed by atoms with Crippen molar-refractivity contribution >= 4 is 17.0 Å². The van der Waals surface area contributed by atoms with Crippen LogP contribution in [0.2, 0.25) is 0 Å². The highest BCUT2D eigenvalue weighted by atomic mass is 32.1. The van der Waals surface area contributed by atoms with Gasteiger partial charge in [0.05, 0.1) is 10.7 Å². The van der Waals surface area contributed by atoms with E-state index in [2.05, 4.69) is 27.8 Å². The molecule has 1 aromatic carbocycles. The molecule has 0 saturated heterocycles. The second-order valence-corrected chi connectivity index (χ2v) is 4.11. The summed E-state index contributed by atoms with van der Waals surface area (Å²) in [6, 6.07) is 8.20. The Morgan fingerprint density at radius 3 is 2.71 bits per heavy atom. The summed E-state index contributed by atoms with van der Waals surface area (Å²) in [6.45, 7) is 2.02. The first-order valence-electron chi connectivity index (χ1n) is 4.50. The Hall–Kier alpha value is -1.35. The average molecular weight is 204 g/mol. The summed E-state index contributed by atoms with van der Waals surface area (Å²) in [7, 11) is 1.93. The SMILES string of the molecule is CNc1ccccc1-c1csc(C)n1. The summed E-state index contributed by atoms with van der Waals surface area (Å²) < 4.78 is 0. The third-order valence-corrected chi connectivity index (χ3v) is 2.86. The Balaban J connectivity index is 2.50. The molecule has 0 saturated carbocycles. The minimum absolute atomic E-state index is 1.05. The molecule has 72 valence electrons. The van der Waals surface area contributed by atoms with Gasteiger partial charge in [-0.15, -0.1) is 11.3 Å². The predicted octanol–water partition coefficient (Wildman–Crippen LogP) is 3.16. The number of hydrogen-bond donors (Lipinski definition) is 1. The van der Waals surface area contributed by atoms with Crippen LogP contribution in [0.4, 0.5) is 5.69 Å². The van der Waals surface area contributed by atoms with E-state index in [4.69, 9.17) is 0 Å². The molecule has 0 atom stereocenters. The molecule has 0 amide bonds. The van der Waals surface area contributed by atoms with Gasteiger partial charge in [0.25, 0.3) is 0 Å². The zero-order valence-electron chi connectivity index (χ0n) is 8.24. The van der Waals surface area contributed by atoms with E-state index in [9.17, 15) is 0 Å². The minimum atomic E-state index is 1.05. The van der Waals surface area contributed by atoms with Crippen LogP contribution < -0.4 is 5.32 Å². The van der Waals surface area contributed by atoms with E-state index in [1.54, 1.807) is 11.3 Å². The summed E-state index contributed by atoms with van der Waals surface area (Å²) in [6.07, 6.45) is 0. The normalized spacial score (nSPS) is 10.1. The monoisotopic (exact) mass is 204 g/mol. The van der Waals surface area contributed by atoms with Gasteiger partial charge >= 0.3 is 0 Å². The molecule has 0 unspecified atom stereocenters. The van der Waals surface area contributed by atoms with Crippen LogP contribution in [0.1, 0.15) is 5.01 Å². The number of aryl methyl sites for hydroxylation is 1. The van der Waals surface area contributed by atoms with E-state index >= 15 is 0 Å². The van der Waals surface area contributed by atoms with Crippen LogP contribution in [-0.4, -0.2) is 12.0 Å². The Morgan fingerprint density at radius 2 is 2.07 bits per heavy atom. The number of nitrogens with zero attached hydrogens (tertiary/aromatic N) is 1. The Labute approximate surface area is 87.6 Å². The Kier molecular flexibility index (Phi) is 2.50. The van der Waals surface area contributed by atoms with E-state index in [1.807, 2.05) is 26.1 Å². The predicted molar refractivity (Wildman–Crippen MR) is 61.8 cm³/mol. The smallest absolute Gasteiger partial charge is 0.0901 e. The minimum Gasteiger partial charge on any atom is -0.388 e. The first kappa shape index (κ1) is 9.21. The molecular weight excluding hydrogens is 192 g/mol. The van der Waals surface area contributed by atoms with Crippen LogP contribution in [0.25, 0.3) is 11.3 Å². The maximum absolute atomic E-state index is 4.47. The lowest BCUT2D eigenvalue weighted by Crippen LogP contribution is -1.91. The van der Waals surface area contributed by atoms with Crippen LogP contribution in [-0.2, 0) is 0 Å². The average Bonchev–Trinajstić information content (AvgIpc) is 2.65. The van der Waals surface area contributed by atoms with Gasteiger partial charge in [-0.1, -0.05) is 18.2 Å². The number of para-hydroxylation sites is 1. The first-order chi connectivity index (χ1) is 6.81. The van der Waals surface area contributed by atoms with Crippen molar-refractivity contribution in [1.82, 2.24) is 4.98 Å². The van der Waals surface area contributed by atoms with Crippen molar-refractivity contribution < 1.29 is 0 Å². The molecular formula is C11H12N2S. The molecule has 0 bridgehead atoms. The summed E-state index contributed by atoms with van der Waals surface area (Å²) in [5.41, 5.74) is 3.34. The van der Waals surface area contributed by atoms with Crippen LogP contribution in [0.5, 0.6) is 0 Å². The molecule has 14 heavy (non-hydrogen) atoms. The molecule has 0 radical (unpaired) electrons. The largest absolute Gasteiger partial charge is 0.388 e. The molecule has 1 aromatic heterocycles. The van der Waals surface area contributed by atoms with Gasteiger partial charge < -0.3 is 5.32 Å². The van der Waals surface area contributed by atoms with Gasteiger partial charge in [0, 0.05) is 23.7 Å². The van der Waals surface area contributed by atoms with Crippen LogP contribution in [0, 0.1) is 6.92 Å². The summed E-state index contributed by atoms with van der Waals surface area (Å²) in [5, 5.41) is 6.36. The molecule has 0 spiro atoms. The van der Waals surface area contributed by atoms with Crippen LogP contribution in [0.3, 0.4) is 0 Å². The fourth-order valence-corrected chi connectivity index (χ4v) is 2.02. The van der Waals surface area contributed by atoms with Crippen molar-refractivity contribution in [3.63, 3.8) is 0 Å². The van der Waals surface area contributed by atoms with Crippen molar-refractivity contribution in [3.8, 4) is 11.3 Å². The fraction of sp³-hybridized carbons (Fsp3) is 0.182. The van der Waals surface area contributed by atoms with E-state index in [1.165, 1.54) is 5.56 Å². The lowest BCUT2D eigenvalue weighted by atomic mass is 10.1. The quantitative estimate of drug-likeness (QED) is 0.812. The van der Waals surface area contributed by atoms with Gasteiger partial charge in [-0.2, -0.15) is 0 Å². The van der Waals surface area contributed by atoms with Gasteiger partial charge in [0.1, 0.15) is 0 Å². The van der Waals surface area contributed by atoms with E-state index in [0.717, 1.165) is 16.4 Å². The number of thiazole rings is 1. The van der Waals surface area contributed by atoms with Crippen molar-refractivity contribution in [3.05, 3.63) is 34.7 Å². The second kappa shape index (κ2) is 3.80. The van der Waals surface area contributed by atoms with Gasteiger partial charge in [-0.3, -0.25) is 0 Å². The standard InChI is InChI=1S/C11H12N2S/c1-8-13-11(7-14-8)9-5-3-4-6-10(9)12-2/h3-7,12H,1-2H3. The zero-order chi connectivity index (χ0) is 9.97. The molecule has 2 aromatic rings. The summed E-state index contributed by atoms with van der Waals surface area (Å²) in [5.74, 6) is 0. The molecule has 0 fully saturated rings. The van der Waals surface area contributed by atoms with Crippen LogP contribution in [0.15, 0.2) is 29.6 Å². The first-order valence-corrected chi connectivity index (χ1v) is 5.38. The van der Waals surface area contributed by atoms with E-state index in [0.29, 0.717) is 0 Å². The maximum Gasteiger partial charge on any atom is 0.0901 e. The number of benzene rings is 1. The third kappa shape index (κ3) is 1.63. The molecule has 3 heteroatoms. The van der Waals surface area contributed by atoms with Gasteiger partial charge in [-0.05, 0) is 13.0 Å². The number of anilines is 1. The molecule has 1 heterocycles. The van der Waals surface area contributed by atoms with Gasteiger partial charge in [0.2, 0.25) is 0 Å². The molecule has 2 nitrogen and oxygen atoms in total. The third-order valence-electron chi connectivity index (χ3n) is 2.09. The zero-order valence-corrected chi connectivity index (χ0v) is 9.06. The fourth-order valence-electron chi connectivity index (χ4n) is 1.41. The summed E-state index contributed by atoms with van der Waals surface area (Å²) >= 11 is 1.68. The molecule has 1 N–H and O–H groups in total. The second-order valence-electron chi connectivity index (χ2n) is 3.05. The van der Waals surface area contributed by atoms with Gasteiger partial charge in [-0.25, -0.2) is 4.98 Å². The lowest BCUT2D eigenvalue weighted by molar-refractivity contribution is 1.29. The highest BCUT2D eigenvalue weighted by molar-refractivity contribution is 7.09. The molecule has 0 aliphatic carbocycles. The summed E-state index contributed by atoms with van der Waals surface area (Å²) in [4.78, 5) is 4.47. The van der Waals surface area contributed by atoms with E-state index in [-0.39, 0.29) is 0 Å². The highest BCUT2D eigenvalue weighted by Crippen LogP contribution is 2.28. The van der Waals surface area contributed by atoms with Gasteiger partial charge in [0.15, 0.2) is 0 Å². The van der Waals surface area contributed by atoms with E-state index < -0.39 is 0 Å². The molecule has 2 rings (SSSR count). The van der Waals surface area contributed by atoms with Crippen molar-refractivity contribution in [2.45, 2.75) is 6.92 Å².